The smallest absolute Gasteiger partial charge is 0.292 e. The highest BCUT2D eigenvalue weighted by atomic mass is 16.6. The third-order valence-electron chi connectivity index (χ3n) is 3.78. The summed E-state index contributed by atoms with van der Waals surface area (Å²) in [5.74, 6) is 0.0799. The van der Waals surface area contributed by atoms with E-state index in [0.717, 1.165) is 13.0 Å². The van der Waals surface area contributed by atoms with E-state index in [1.165, 1.54) is 18.2 Å². The van der Waals surface area contributed by atoms with E-state index in [1.807, 2.05) is 6.92 Å². The summed E-state index contributed by atoms with van der Waals surface area (Å²) in [4.78, 5) is 22.5. The van der Waals surface area contributed by atoms with Crippen LogP contribution in [0.3, 0.4) is 0 Å². The number of hydrogen-bond donors (Lipinski definition) is 2. The van der Waals surface area contributed by atoms with Crippen LogP contribution >= 0.6 is 0 Å². The third kappa shape index (κ3) is 3.49. The Kier molecular flexibility index (Phi) is 4.74. The summed E-state index contributed by atoms with van der Waals surface area (Å²) >= 11 is 0. The molecule has 0 aromatic heterocycles. The summed E-state index contributed by atoms with van der Waals surface area (Å²) in [5, 5.41) is 16.4. The molecule has 0 saturated carbocycles. The maximum atomic E-state index is 12.1. The van der Waals surface area contributed by atoms with E-state index >= 15 is 0 Å². The lowest BCUT2D eigenvalue weighted by atomic mass is 10.0. The summed E-state index contributed by atoms with van der Waals surface area (Å²) in [6.07, 6.45) is 1.08. The number of nitro groups is 1. The number of anilines is 1. The normalized spacial score (nSPS) is 21.0. The minimum Gasteiger partial charge on any atom is -0.383 e. The zero-order valence-corrected chi connectivity index (χ0v) is 12.1. The Balaban J connectivity index is 2.03. The molecule has 0 spiro atoms. The van der Waals surface area contributed by atoms with Crippen molar-refractivity contribution < 1.29 is 14.5 Å². The zero-order chi connectivity index (χ0) is 15.4. The van der Waals surface area contributed by atoms with Crippen LogP contribution in [0.2, 0.25) is 0 Å². The van der Waals surface area contributed by atoms with Crippen molar-refractivity contribution in [2.75, 3.05) is 25.5 Å². The van der Waals surface area contributed by atoms with Crippen LogP contribution in [0.5, 0.6) is 0 Å². The van der Waals surface area contributed by atoms with Crippen LogP contribution in [-0.2, 0) is 4.74 Å². The molecule has 1 aromatic carbocycles. The molecule has 2 rings (SSSR count). The van der Waals surface area contributed by atoms with Gasteiger partial charge < -0.3 is 15.4 Å². The summed E-state index contributed by atoms with van der Waals surface area (Å²) in [6, 6.07) is 4.28. The quantitative estimate of drug-likeness (QED) is 0.637. The molecule has 114 valence electrons. The SMILES string of the molecule is CNc1cc(C(=O)NCC2CCOC2C)ccc1[N+](=O)[O-]. The second-order valence-electron chi connectivity index (χ2n) is 5.07. The summed E-state index contributed by atoms with van der Waals surface area (Å²) in [6.45, 7) is 3.27. The number of nitro benzene ring substituents is 1. The van der Waals surface area contributed by atoms with Gasteiger partial charge in [0, 0.05) is 37.7 Å². The number of nitrogens with one attached hydrogen (secondary N) is 2. The molecule has 1 fully saturated rings. The van der Waals surface area contributed by atoms with Gasteiger partial charge in [0.1, 0.15) is 5.69 Å². The molecule has 1 aromatic rings. The standard InChI is InChI=1S/C14H19N3O4/c1-9-11(5-6-21-9)8-16-14(18)10-3-4-13(17(19)20)12(7-10)15-2/h3-4,7,9,11,15H,5-6,8H2,1-2H3,(H,16,18). The fourth-order valence-electron chi connectivity index (χ4n) is 2.41. The number of rotatable bonds is 5. The van der Waals surface area contributed by atoms with Gasteiger partial charge in [-0.25, -0.2) is 0 Å². The molecule has 7 heteroatoms. The van der Waals surface area contributed by atoms with Crippen LogP contribution in [0.15, 0.2) is 18.2 Å². The topological polar surface area (TPSA) is 93.5 Å². The summed E-state index contributed by atoms with van der Waals surface area (Å²) < 4.78 is 5.45. The second-order valence-corrected chi connectivity index (χ2v) is 5.07. The molecular formula is C14H19N3O4. The number of carbonyl (C=O) groups excluding carboxylic acids is 1. The highest BCUT2D eigenvalue weighted by Crippen LogP contribution is 2.25. The Hall–Kier alpha value is -2.15. The van der Waals surface area contributed by atoms with E-state index in [2.05, 4.69) is 10.6 Å². The van der Waals surface area contributed by atoms with Crippen molar-refractivity contribution in [3.8, 4) is 0 Å². The average molecular weight is 293 g/mol. The van der Waals surface area contributed by atoms with Gasteiger partial charge in [-0.2, -0.15) is 0 Å². The first kappa shape index (κ1) is 15.2. The molecule has 1 amide bonds. The van der Waals surface area contributed by atoms with E-state index in [1.54, 1.807) is 7.05 Å². The van der Waals surface area contributed by atoms with Gasteiger partial charge in [0.2, 0.25) is 0 Å². The molecule has 21 heavy (non-hydrogen) atoms. The number of benzene rings is 1. The summed E-state index contributed by atoms with van der Waals surface area (Å²) in [5.41, 5.74) is 0.675. The van der Waals surface area contributed by atoms with Crippen molar-refractivity contribution in [2.24, 2.45) is 5.92 Å². The van der Waals surface area contributed by atoms with Crippen molar-refractivity contribution >= 4 is 17.3 Å². The average Bonchev–Trinajstić information content (AvgIpc) is 2.89. The molecule has 0 bridgehead atoms. The fraction of sp³-hybridized carbons (Fsp3) is 0.500. The van der Waals surface area contributed by atoms with E-state index in [4.69, 9.17) is 4.74 Å². The molecule has 0 radical (unpaired) electrons. The number of amides is 1. The number of ether oxygens (including phenoxy) is 1. The van der Waals surface area contributed by atoms with E-state index in [0.29, 0.717) is 23.7 Å². The van der Waals surface area contributed by atoms with Crippen LogP contribution in [0.4, 0.5) is 11.4 Å². The monoisotopic (exact) mass is 293 g/mol. The Morgan fingerprint density at radius 2 is 2.29 bits per heavy atom. The lowest BCUT2D eigenvalue weighted by Crippen LogP contribution is -2.32. The first-order valence-corrected chi connectivity index (χ1v) is 6.89. The fourth-order valence-corrected chi connectivity index (χ4v) is 2.41. The largest absolute Gasteiger partial charge is 0.383 e. The molecule has 1 aliphatic heterocycles. The molecule has 2 unspecified atom stereocenters. The molecule has 1 heterocycles. The Labute approximate surface area is 122 Å². The van der Waals surface area contributed by atoms with Gasteiger partial charge >= 0.3 is 0 Å². The summed E-state index contributed by atoms with van der Waals surface area (Å²) in [7, 11) is 1.58. The van der Waals surface area contributed by atoms with Gasteiger partial charge in [0.05, 0.1) is 11.0 Å². The van der Waals surface area contributed by atoms with Gasteiger partial charge in [-0.1, -0.05) is 0 Å². The predicted molar refractivity (Wildman–Crippen MR) is 78.5 cm³/mol. The number of nitrogens with zero attached hydrogens (tertiary/aromatic N) is 1. The van der Waals surface area contributed by atoms with E-state index in [9.17, 15) is 14.9 Å². The Morgan fingerprint density at radius 1 is 1.52 bits per heavy atom. The first-order chi connectivity index (χ1) is 10.0. The van der Waals surface area contributed by atoms with E-state index < -0.39 is 4.92 Å². The van der Waals surface area contributed by atoms with Gasteiger partial charge in [0.15, 0.2) is 0 Å². The molecular weight excluding hydrogens is 274 g/mol. The van der Waals surface area contributed by atoms with Crippen LogP contribution in [0, 0.1) is 16.0 Å². The molecule has 0 aliphatic carbocycles. The lowest BCUT2D eigenvalue weighted by molar-refractivity contribution is -0.383. The van der Waals surface area contributed by atoms with Gasteiger partial charge in [-0.05, 0) is 25.5 Å². The highest BCUT2D eigenvalue weighted by Gasteiger charge is 2.24. The van der Waals surface area contributed by atoms with Crippen molar-refractivity contribution in [1.82, 2.24) is 5.32 Å². The minimum absolute atomic E-state index is 0.0492. The van der Waals surface area contributed by atoms with Crippen LogP contribution < -0.4 is 10.6 Å². The molecule has 7 nitrogen and oxygen atoms in total. The maximum absolute atomic E-state index is 12.1. The molecule has 2 N–H and O–H groups in total. The predicted octanol–water partition coefficient (Wildman–Crippen LogP) is 1.79. The van der Waals surface area contributed by atoms with Crippen LogP contribution in [0.1, 0.15) is 23.7 Å². The maximum Gasteiger partial charge on any atom is 0.292 e. The van der Waals surface area contributed by atoms with Gasteiger partial charge in [0.25, 0.3) is 11.6 Å². The zero-order valence-electron chi connectivity index (χ0n) is 12.1. The van der Waals surface area contributed by atoms with Crippen molar-refractivity contribution in [3.05, 3.63) is 33.9 Å². The van der Waals surface area contributed by atoms with Crippen molar-refractivity contribution in [1.29, 1.82) is 0 Å². The first-order valence-electron chi connectivity index (χ1n) is 6.89. The number of hydrogen-bond acceptors (Lipinski definition) is 5. The van der Waals surface area contributed by atoms with E-state index in [-0.39, 0.29) is 17.7 Å². The van der Waals surface area contributed by atoms with Crippen molar-refractivity contribution in [3.63, 3.8) is 0 Å². The molecule has 2 atom stereocenters. The number of carbonyl (C=O) groups is 1. The lowest BCUT2D eigenvalue weighted by Gasteiger charge is -2.15. The third-order valence-corrected chi connectivity index (χ3v) is 3.78. The molecule has 1 aliphatic rings. The van der Waals surface area contributed by atoms with Crippen LogP contribution in [-0.4, -0.2) is 37.1 Å². The van der Waals surface area contributed by atoms with Gasteiger partial charge in [-0.3, -0.25) is 14.9 Å². The van der Waals surface area contributed by atoms with Crippen molar-refractivity contribution in [2.45, 2.75) is 19.4 Å². The Bertz CT molecular complexity index is 547. The minimum atomic E-state index is -0.481. The Morgan fingerprint density at radius 3 is 2.86 bits per heavy atom. The second kappa shape index (κ2) is 6.53. The van der Waals surface area contributed by atoms with Crippen LogP contribution in [0.25, 0.3) is 0 Å². The van der Waals surface area contributed by atoms with Gasteiger partial charge in [-0.15, -0.1) is 0 Å². The highest BCUT2D eigenvalue weighted by molar-refractivity contribution is 5.95. The molecule has 1 saturated heterocycles.